The van der Waals surface area contributed by atoms with Gasteiger partial charge in [0.25, 0.3) is 0 Å². The van der Waals surface area contributed by atoms with Gasteiger partial charge in [-0.05, 0) is 27.7 Å². The molecule has 0 saturated heterocycles. The van der Waals surface area contributed by atoms with Gasteiger partial charge in [0.05, 0.1) is 11.9 Å². The predicted molar refractivity (Wildman–Crippen MR) is 56.9 cm³/mol. The van der Waals surface area contributed by atoms with Crippen LogP contribution >= 0.6 is 0 Å². The van der Waals surface area contributed by atoms with Gasteiger partial charge in [-0.15, -0.1) is 0 Å². The smallest absolute Gasteiger partial charge is 0.0569 e. The monoisotopic (exact) mass is 193 g/mol. The molecule has 1 atom stereocenters. The predicted octanol–water partition coefficient (Wildman–Crippen LogP) is 2.10. The van der Waals surface area contributed by atoms with Crippen molar-refractivity contribution < 1.29 is 0 Å². The Bertz CT molecular complexity index is 346. The molecule has 1 aromatic heterocycles. The summed E-state index contributed by atoms with van der Waals surface area (Å²) in [6.45, 7) is 10.1. The van der Waals surface area contributed by atoms with Crippen LogP contribution in [0.5, 0.6) is 0 Å². The molecule has 2 heterocycles. The van der Waals surface area contributed by atoms with E-state index in [2.05, 4.69) is 37.7 Å². The number of rotatable bonds is 0. The van der Waals surface area contributed by atoms with Crippen LogP contribution in [0.4, 0.5) is 0 Å². The van der Waals surface area contributed by atoms with Crippen LogP contribution in [-0.4, -0.2) is 20.2 Å². The first-order chi connectivity index (χ1) is 6.41. The summed E-state index contributed by atoms with van der Waals surface area (Å²) in [5.74, 6) is 0. The van der Waals surface area contributed by atoms with E-state index in [0.29, 0.717) is 6.04 Å². The van der Waals surface area contributed by atoms with Gasteiger partial charge in [0.15, 0.2) is 0 Å². The van der Waals surface area contributed by atoms with Crippen LogP contribution in [0.2, 0.25) is 0 Å². The highest BCUT2D eigenvalue weighted by Gasteiger charge is 2.35. The van der Waals surface area contributed by atoms with E-state index in [9.17, 15) is 0 Å². The quantitative estimate of drug-likeness (QED) is 0.629. The fourth-order valence-corrected chi connectivity index (χ4v) is 2.31. The normalized spacial score (nSPS) is 22.8. The van der Waals surface area contributed by atoms with Crippen molar-refractivity contribution in [1.82, 2.24) is 14.7 Å². The molecule has 0 amide bonds. The molecule has 78 valence electrons. The van der Waals surface area contributed by atoms with E-state index in [1.54, 1.807) is 0 Å². The third-order valence-corrected chi connectivity index (χ3v) is 3.19. The highest BCUT2D eigenvalue weighted by atomic mass is 15.3. The molecule has 0 saturated carbocycles. The van der Waals surface area contributed by atoms with Gasteiger partial charge in [-0.3, -0.25) is 9.58 Å². The summed E-state index contributed by atoms with van der Waals surface area (Å²) in [6, 6.07) is 0.499. The Morgan fingerprint density at radius 3 is 2.57 bits per heavy atom. The van der Waals surface area contributed by atoms with Crippen molar-refractivity contribution in [2.75, 3.05) is 0 Å². The zero-order valence-electron chi connectivity index (χ0n) is 9.70. The minimum Gasteiger partial charge on any atom is -0.286 e. The van der Waals surface area contributed by atoms with E-state index in [1.165, 1.54) is 11.3 Å². The Labute approximate surface area is 85.7 Å². The van der Waals surface area contributed by atoms with Crippen LogP contribution in [0.15, 0.2) is 6.20 Å². The lowest BCUT2D eigenvalue weighted by atomic mass is 10.0. The fourth-order valence-electron chi connectivity index (χ4n) is 2.31. The minimum absolute atomic E-state index is 0.235. The Morgan fingerprint density at radius 2 is 2.07 bits per heavy atom. The maximum Gasteiger partial charge on any atom is 0.0569 e. The van der Waals surface area contributed by atoms with Crippen molar-refractivity contribution in [2.45, 2.75) is 45.8 Å². The first-order valence-electron chi connectivity index (χ1n) is 5.19. The second kappa shape index (κ2) is 2.83. The molecule has 0 aromatic carbocycles. The van der Waals surface area contributed by atoms with E-state index < -0.39 is 0 Å². The molecule has 0 N–H and O–H groups in total. The first-order valence-corrected chi connectivity index (χ1v) is 5.19. The third kappa shape index (κ3) is 1.27. The van der Waals surface area contributed by atoms with Crippen LogP contribution < -0.4 is 0 Å². The lowest BCUT2D eigenvalue weighted by Crippen LogP contribution is -2.39. The van der Waals surface area contributed by atoms with Gasteiger partial charge < -0.3 is 0 Å². The largest absolute Gasteiger partial charge is 0.286 e. The molecule has 0 aliphatic carbocycles. The number of hydrogen-bond donors (Lipinski definition) is 0. The maximum absolute atomic E-state index is 4.30. The number of fused-ring (bicyclic) bond motifs is 1. The Hall–Kier alpha value is -0.830. The lowest BCUT2D eigenvalue weighted by molar-refractivity contribution is 0.0976. The van der Waals surface area contributed by atoms with Gasteiger partial charge in [-0.25, -0.2) is 0 Å². The summed E-state index contributed by atoms with van der Waals surface area (Å²) in [7, 11) is 2.03. The molecule has 0 spiro atoms. The van der Waals surface area contributed by atoms with Crippen molar-refractivity contribution in [3.8, 4) is 0 Å². The molecule has 0 bridgehead atoms. The zero-order valence-corrected chi connectivity index (χ0v) is 9.70. The van der Waals surface area contributed by atoms with Crippen molar-refractivity contribution >= 4 is 0 Å². The molecular formula is C11H19N3. The molecular weight excluding hydrogens is 174 g/mol. The Morgan fingerprint density at radius 1 is 1.43 bits per heavy atom. The molecule has 0 fully saturated rings. The van der Waals surface area contributed by atoms with Crippen molar-refractivity contribution in [3.63, 3.8) is 0 Å². The van der Waals surface area contributed by atoms with Gasteiger partial charge >= 0.3 is 0 Å². The number of hydrogen-bond acceptors (Lipinski definition) is 2. The average Bonchev–Trinajstić information content (AvgIpc) is 2.54. The summed E-state index contributed by atoms with van der Waals surface area (Å²) >= 11 is 0. The summed E-state index contributed by atoms with van der Waals surface area (Å²) in [5.41, 5.74) is 2.99. The van der Waals surface area contributed by atoms with E-state index in [4.69, 9.17) is 0 Å². The van der Waals surface area contributed by atoms with Crippen LogP contribution in [0.3, 0.4) is 0 Å². The second-order valence-electron chi connectivity index (χ2n) is 5.14. The number of aromatic nitrogens is 2. The minimum atomic E-state index is 0.235. The van der Waals surface area contributed by atoms with E-state index in [0.717, 1.165) is 6.54 Å². The van der Waals surface area contributed by atoms with Crippen molar-refractivity contribution in [2.24, 2.45) is 7.05 Å². The van der Waals surface area contributed by atoms with Gasteiger partial charge in [-0.2, -0.15) is 5.10 Å². The molecule has 1 aliphatic heterocycles. The van der Waals surface area contributed by atoms with Crippen LogP contribution in [0, 0.1) is 0 Å². The fraction of sp³-hybridized carbons (Fsp3) is 0.727. The highest BCUT2D eigenvalue weighted by molar-refractivity contribution is 5.27. The highest BCUT2D eigenvalue weighted by Crippen LogP contribution is 2.37. The topological polar surface area (TPSA) is 21.1 Å². The van der Waals surface area contributed by atoms with E-state index in [-0.39, 0.29) is 5.54 Å². The molecule has 3 heteroatoms. The molecule has 1 aromatic rings. The molecule has 3 nitrogen and oxygen atoms in total. The van der Waals surface area contributed by atoms with Crippen LogP contribution in [-0.2, 0) is 13.6 Å². The molecule has 0 radical (unpaired) electrons. The van der Waals surface area contributed by atoms with Crippen molar-refractivity contribution in [1.29, 1.82) is 0 Å². The zero-order chi connectivity index (χ0) is 10.5. The van der Waals surface area contributed by atoms with Crippen LogP contribution in [0.25, 0.3) is 0 Å². The van der Waals surface area contributed by atoms with E-state index >= 15 is 0 Å². The summed E-state index contributed by atoms with van der Waals surface area (Å²) in [4.78, 5) is 2.51. The van der Waals surface area contributed by atoms with Crippen molar-refractivity contribution in [3.05, 3.63) is 17.5 Å². The SMILES string of the molecule is C[C@@H]1c2cnn(C)c2CN1C(C)(C)C. The first kappa shape index (κ1) is 9.71. The van der Waals surface area contributed by atoms with E-state index in [1.807, 2.05) is 17.9 Å². The Balaban J connectivity index is 2.35. The summed E-state index contributed by atoms with van der Waals surface area (Å²) in [5, 5.41) is 4.30. The summed E-state index contributed by atoms with van der Waals surface area (Å²) < 4.78 is 2.00. The third-order valence-electron chi connectivity index (χ3n) is 3.19. The molecule has 14 heavy (non-hydrogen) atoms. The Kier molecular flexibility index (Phi) is 1.96. The number of aryl methyl sites for hydroxylation is 1. The summed E-state index contributed by atoms with van der Waals surface area (Å²) in [6.07, 6.45) is 2.01. The van der Waals surface area contributed by atoms with Gasteiger partial charge in [0, 0.05) is 30.7 Å². The van der Waals surface area contributed by atoms with Gasteiger partial charge in [0.2, 0.25) is 0 Å². The molecule has 1 aliphatic rings. The maximum atomic E-state index is 4.30. The second-order valence-corrected chi connectivity index (χ2v) is 5.14. The lowest BCUT2D eigenvalue weighted by Gasteiger charge is -2.35. The molecule has 2 rings (SSSR count). The average molecular weight is 193 g/mol. The van der Waals surface area contributed by atoms with Gasteiger partial charge in [0.1, 0.15) is 0 Å². The number of nitrogens with zero attached hydrogens (tertiary/aromatic N) is 3. The molecule has 0 unspecified atom stereocenters. The standard InChI is InChI=1S/C11H19N3/c1-8-9-6-12-13(5)10(9)7-14(8)11(2,3)4/h6,8H,7H2,1-5H3/t8-/m1/s1. The van der Waals surface area contributed by atoms with Crippen LogP contribution in [0.1, 0.15) is 45.0 Å². The van der Waals surface area contributed by atoms with Gasteiger partial charge in [-0.1, -0.05) is 0 Å².